The average Bonchev–Trinajstić information content (AvgIpc) is 3.12. The summed E-state index contributed by atoms with van der Waals surface area (Å²) in [5, 5.41) is 2.75. The maximum Gasteiger partial charge on any atom is 0.255 e. The van der Waals surface area contributed by atoms with Gasteiger partial charge in [0.25, 0.3) is 5.56 Å². The first-order valence-corrected chi connectivity index (χ1v) is 9.08. The number of rotatable bonds is 3. The van der Waals surface area contributed by atoms with Gasteiger partial charge in [0.1, 0.15) is 0 Å². The molecule has 3 heterocycles. The Hall–Kier alpha value is -1.95. The lowest BCUT2D eigenvalue weighted by molar-refractivity contribution is 0.242. The van der Waals surface area contributed by atoms with E-state index in [1.807, 2.05) is 41.8 Å². The summed E-state index contributed by atoms with van der Waals surface area (Å²) in [6.45, 7) is 2.22. The third-order valence-corrected chi connectivity index (χ3v) is 5.50. The topological polar surface area (TPSA) is 49.0 Å². The quantitative estimate of drug-likeness (QED) is 0.777. The molecule has 0 spiro atoms. The molecular weight excluding hydrogens is 342 g/mol. The number of halogens is 1. The van der Waals surface area contributed by atoms with E-state index in [4.69, 9.17) is 11.6 Å². The predicted molar refractivity (Wildman–Crippen MR) is 97.4 cm³/mol. The number of aromatic nitrogens is 2. The Balaban J connectivity index is 1.60. The monoisotopic (exact) mass is 357 g/mol. The van der Waals surface area contributed by atoms with Crippen molar-refractivity contribution in [2.75, 3.05) is 6.54 Å². The zero-order valence-corrected chi connectivity index (χ0v) is 14.5. The Kier molecular flexibility index (Phi) is 4.22. The van der Waals surface area contributed by atoms with E-state index in [1.54, 1.807) is 11.3 Å². The van der Waals surface area contributed by atoms with Gasteiger partial charge in [0.15, 0.2) is 5.82 Å². The zero-order valence-electron chi connectivity index (χ0n) is 13.0. The van der Waals surface area contributed by atoms with Crippen LogP contribution in [0, 0.1) is 0 Å². The number of benzene rings is 1. The molecule has 6 heteroatoms. The number of nitrogens with zero attached hydrogens (tertiary/aromatic N) is 2. The van der Waals surface area contributed by atoms with Crippen LogP contribution in [-0.2, 0) is 19.5 Å². The molecule has 0 atom stereocenters. The van der Waals surface area contributed by atoms with Crippen molar-refractivity contribution in [3.63, 3.8) is 0 Å². The second-order valence-corrected chi connectivity index (χ2v) is 7.22. The fourth-order valence-corrected chi connectivity index (χ4v) is 3.88. The lowest BCUT2D eigenvalue weighted by Crippen LogP contribution is -2.35. The maximum atomic E-state index is 12.5. The lowest BCUT2D eigenvalue weighted by Gasteiger charge is -2.28. The van der Waals surface area contributed by atoms with E-state index in [2.05, 4.69) is 14.9 Å². The smallest absolute Gasteiger partial charge is 0.255 e. The molecule has 0 bridgehead atoms. The van der Waals surface area contributed by atoms with Crippen LogP contribution in [-0.4, -0.2) is 21.4 Å². The minimum Gasteiger partial charge on any atom is -0.306 e. The molecule has 0 radical (unpaired) electrons. The summed E-state index contributed by atoms with van der Waals surface area (Å²) in [4.78, 5) is 23.3. The number of nitrogens with one attached hydrogen (secondary N) is 1. The van der Waals surface area contributed by atoms with Crippen molar-refractivity contribution < 1.29 is 0 Å². The van der Waals surface area contributed by atoms with Gasteiger partial charge in [-0.05, 0) is 23.1 Å². The van der Waals surface area contributed by atoms with Crippen molar-refractivity contribution in [2.24, 2.45) is 0 Å². The number of hydrogen-bond donors (Lipinski definition) is 1. The van der Waals surface area contributed by atoms with Crippen molar-refractivity contribution in [3.05, 3.63) is 74.0 Å². The molecule has 0 aliphatic carbocycles. The molecule has 0 fully saturated rings. The minimum atomic E-state index is -0.0349. The predicted octanol–water partition coefficient (Wildman–Crippen LogP) is 3.71. The second-order valence-electron chi connectivity index (χ2n) is 5.87. The van der Waals surface area contributed by atoms with Crippen LogP contribution in [0.25, 0.3) is 10.7 Å². The Bertz CT molecular complexity index is 920. The van der Waals surface area contributed by atoms with Crippen LogP contribution in [0.4, 0.5) is 0 Å². The molecule has 0 amide bonds. The molecule has 1 aromatic carbocycles. The largest absolute Gasteiger partial charge is 0.306 e. The van der Waals surface area contributed by atoms with Gasteiger partial charge in [0, 0.05) is 31.1 Å². The molecule has 24 heavy (non-hydrogen) atoms. The molecule has 3 aromatic rings. The third-order valence-electron chi connectivity index (χ3n) is 4.25. The Labute approximate surface area is 148 Å². The molecule has 4 rings (SSSR count). The standard InChI is InChI=1S/C18H16ClN3OS/c19-14-5-2-1-4-12(14)10-22-8-7-15-13(11-22)18(23)21-17(20-15)16-6-3-9-24-16/h1-6,9H,7-8,10-11H2,(H,20,21,23). The molecule has 0 saturated carbocycles. The van der Waals surface area contributed by atoms with Gasteiger partial charge in [0.2, 0.25) is 0 Å². The highest BCUT2D eigenvalue weighted by molar-refractivity contribution is 7.13. The number of fused-ring (bicyclic) bond motifs is 1. The molecule has 1 N–H and O–H groups in total. The fraction of sp³-hybridized carbons (Fsp3) is 0.222. The van der Waals surface area contributed by atoms with Crippen LogP contribution in [0.2, 0.25) is 5.02 Å². The van der Waals surface area contributed by atoms with Crippen LogP contribution in [0.1, 0.15) is 16.8 Å². The molecule has 0 saturated heterocycles. The van der Waals surface area contributed by atoms with Crippen molar-refractivity contribution in [3.8, 4) is 10.7 Å². The van der Waals surface area contributed by atoms with Gasteiger partial charge in [-0.3, -0.25) is 9.69 Å². The Morgan fingerprint density at radius 2 is 2.12 bits per heavy atom. The lowest BCUT2D eigenvalue weighted by atomic mass is 10.1. The van der Waals surface area contributed by atoms with Crippen LogP contribution < -0.4 is 5.56 Å². The second kappa shape index (κ2) is 6.51. The third kappa shape index (κ3) is 3.02. The Morgan fingerprint density at radius 3 is 2.92 bits per heavy atom. The molecule has 0 unspecified atom stereocenters. The molecular formula is C18H16ClN3OS. The van der Waals surface area contributed by atoms with Gasteiger partial charge in [-0.15, -0.1) is 11.3 Å². The van der Waals surface area contributed by atoms with Crippen molar-refractivity contribution >= 4 is 22.9 Å². The van der Waals surface area contributed by atoms with Crippen LogP contribution in [0.3, 0.4) is 0 Å². The van der Waals surface area contributed by atoms with Gasteiger partial charge in [-0.25, -0.2) is 4.98 Å². The van der Waals surface area contributed by atoms with Gasteiger partial charge in [0.05, 0.1) is 16.1 Å². The van der Waals surface area contributed by atoms with E-state index in [-0.39, 0.29) is 5.56 Å². The molecule has 1 aliphatic rings. The van der Waals surface area contributed by atoms with Crippen molar-refractivity contribution in [2.45, 2.75) is 19.5 Å². The summed E-state index contributed by atoms with van der Waals surface area (Å²) in [7, 11) is 0. The van der Waals surface area contributed by atoms with E-state index in [9.17, 15) is 4.79 Å². The van der Waals surface area contributed by atoms with Crippen molar-refractivity contribution in [1.82, 2.24) is 14.9 Å². The summed E-state index contributed by atoms with van der Waals surface area (Å²) >= 11 is 7.83. The molecule has 2 aromatic heterocycles. The van der Waals surface area contributed by atoms with E-state index in [0.29, 0.717) is 12.4 Å². The van der Waals surface area contributed by atoms with Crippen LogP contribution >= 0.6 is 22.9 Å². The van der Waals surface area contributed by atoms with E-state index < -0.39 is 0 Å². The van der Waals surface area contributed by atoms with Crippen LogP contribution in [0.15, 0.2) is 46.6 Å². The average molecular weight is 358 g/mol. The van der Waals surface area contributed by atoms with Gasteiger partial charge >= 0.3 is 0 Å². The van der Waals surface area contributed by atoms with Crippen molar-refractivity contribution in [1.29, 1.82) is 0 Å². The first-order chi connectivity index (χ1) is 11.7. The number of thiophene rings is 1. The number of aromatic amines is 1. The van der Waals surface area contributed by atoms with Gasteiger partial charge < -0.3 is 4.98 Å². The van der Waals surface area contributed by atoms with Gasteiger partial charge in [-0.2, -0.15) is 0 Å². The van der Waals surface area contributed by atoms with E-state index >= 15 is 0 Å². The fourth-order valence-electron chi connectivity index (χ4n) is 3.01. The highest BCUT2D eigenvalue weighted by Crippen LogP contribution is 2.24. The zero-order chi connectivity index (χ0) is 16.5. The summed E-state index contributed by atoms with van der Waals surface area (Å²) < 4.78 is 0. The van der Waals surface area contributed by atoms with Gasteiger partial charge in [-0.1, -0.05) is 35.9 Å². The highest BCUT2D eigenvalue weighted by atomic mass is 35.5. The maximum absolute atomic E-state index is 12.5. The van der Waals surface area contributed by atoms with Crippen LogP contribution in [0.5, 0.6) is 0 Å². The summed E-state index contributed by atoms with van der Waals surface area (Å²) in [6, 6.07) is 11.8. The Morgan fingerprint density at radius 1 is 1.25 bits per heavy atom. The summed E-state index contributed by atoms with van der Waals surface area (Å²) in [6.07, 6.45) is 0.780. The number of hydrogen-bond acceptors (Lipinski definition) is 4. The normalized spacial score (nSPS) is 14.5. The first-order valence-electron chi connectivity index (χ1n) is 7.82. The minimum absolute atomic E-state index is 0.0349. The van der Waals surface area contributed by atoms with E-state index in [0.717, 1.165) is 46.2 Å². The first kappa shape index (κ1) is 15.6. The highest BCUT2D eigenvalue weighted by Gasteiger charge is 2.22. The summed E-state index contributed by atoms with van der Waals surface area (Å²) in [5.74, 6) is 0.674. The SMILES string of the molecule is O=c1[nH]c(-c2cccs2)nc2c1CN(Cc1ccccc1Cl)CC2. The molecule has 122 valence electrons. The van der Waals surface area contributed by atoms with E-state index in [1.165, 1.54) is 0 Å². The molecule has 1 aliphatic heterocycles. The summed E-state index contributed by atoms with van der Waals surface area (Å²) in [5.41, 5.74) is 2.74. The number of H-pyrrole nitrogens is 1. The molecule has 4 nitrogen and oxygen atoms in total.